The molecule has 3 heterocycles. The van der Waals surface area contributed by atoms with E-state index in [9.17, 15) is 4.79 Å². The molecule has 2 aromatic heterocycles. The van der Waals surface area contributed by atoms with Crippen molar-refractivity contribution in [2.75, 3.05) is 31.1 Å². The topological polar surface area (TPSA) is 85.2 Å². The zero-order valence-electron chi connectivity index (χ0n) is 15.8. The highest BCUT2D eigenvalue weighted by Gasteiger charge is 2.26. The molecule has 1 aliphatic rings. The number of nitrogens with zero attached hydrogens (tertiary/aromatic N) is 5. The summed E-state index contributed by atoms with van der Waals surface area (Å²) in [5.74, 6) is 1.14. The minimum absolute atomic E-state index is 0.0727. The van der Waals surface area contributed by atoms with Crippen molar-refractivity contribution in [3.63, 3.8) is 0 Å². The van der Waals surface area contributed by atoms with Crippen molar-refractivity contribution in [2.45, 2.75) is 39.2 Å². The third kappa shape index (κ3) is 4.30. The molecule has 0 atom stereocenters. The lowest BCUT2D eigenvalue weighted by Crippen LogP contribution is -2.41. The third-order valence-electron chi connectivity index (χ3n) is 4.75. The van der Waals surface area contributed by atoms with Gasteiger partial charge in [0, 0.05) is 39.2 Å². The molecule has 2 aromatic rings. The summed E-state index contributed by atoms with van der Waals surface area (Å²) >= 11 is 0. The molecule has 0 aromatic carbocycles. The van der Waals surface area contributed by atoms with E-state index in [0.717, 1.165) is 49.2 Å². The maximum absolute atomic E-state index is 12.3. The van der Waals surface area contributed by atoms with Gasteiger partial charge in [-0.2, -0.15) is 5.10 Å². The molecule has 1 N–H and O–H groups in total. The SMILES string of the molecule is CC(C)OCCCNC(=O)C1CCN(c2ncnc3c2cnn3C)CC1. The summed E-state index contributed by atoms with van der Waals surface area (Å²) in [6, 6.07) is 0. The normalized spacial score (nSPS) is 15.8. The number of aryl methyl sites for hydroxylation is 1. The molecule has 0 radical (unpaired) electrons. The van der Waals surface area contributed by atoms with E-state index in [0.29, 0.717) is 13.2 Å². The van der Waals surface area contributed by atoms with Crippen molar-refractivity contribution in [1.29, 1.82) is 0 Å². The average Bonchev–Trinajstić information content (AvgIpc) is 3.02. The van der Waals surface area contributed by atoms with Crippen LogP contribution in [0.15, 0.2) is 12.5 Å². The molecule has 142 valence electrons. The number of rotatable bonds is 7. The van der Waals surface area contributed by atoms with Crippen molar-refractivity contribution in [3.8, 4) is 0 Å². The summed E-state index contributed by atoms with van der Waals surface area (Å²) in [7, 11) is 1.88. The number of fused-ring (bicyclic) bond motifs is 1. The molecule has 1 amide bonds. The molecule has 0 aliphatic carbocycles. The van der Waals surface area contributed by atoms with Crippen LogP contribution >= 0.6 is 0 Å². The lowest BCUT2D eigenvalue weighted by Gasteiger charge is -2.32. The maximum Gasteiger partial charge on any atom is 0.223 e. The number of piperidine rings is 1. The number of amides is 1. The number of hydrogen-bond acceptors (Lipinski definition) is 6. The van der Waals surface area contributed by atoms with Crippen LogP contribution in [-0.2, 0) is 16.6 Å². The van der Waals surface area contributed by atoms with E-state index in [1.54, 1.807) is 11.0 Å². The van der Waals surface area contributed by atoms with Crippen molar-refractivity contribution < 1.29 is 9.53 Å². The summed E-state index contributed by atoms with van der Waals surface area (Å²) in [6.07, 6.45) is 6.14. The van der Waals surface area contributed by atoms with E-state index in [1.165, 1.54) is 0 Å². The van der Waals surface area contributed by atoms with Gasteiger partial charge in [-0.25, -0.2) is 9.97 Å². The van der Waals surface area contributed by atoms with Crippen molar-refractivity contribution in [1.82, 2.24) is 25.1 Å². The fourth-order valence-corrected chi connectivity index (χ4v) is 3.30. The van der Waals surface area contributed by atoms with Gasteiger partial charge in [-0.3, -0.25) is 9.48 Å². The number of nitrogens with one attached hydrogen (secondary N) is 1. The fraction of sp³-hybridized carbons (Fsp3) is 0.667. The molecule has 8 heteroatoms. The molecular weight excluding hydrogens is 332 g/mol. The highest BCUT2D eigenvalue weighted by molar-refractivity contribution is 5.87. The van der Waals surface area contributed by atoms with E-state index >= 15 is 0 Å². The predicted molar refractivity (Wildman–Crippen MR) is 100.0 cm³/mol. The van der Waals surface area contributed by atoms with Gasteiger partial charge >= 0.3 is 0 Å². The van der Waals surface area contributed by atoms with Gasteiger partial charge in [-0.05, 0) is 33.1 Å². The molecule has 0 spiro atoms. The van der Waals surface area contributed by atoms with Crippen LogP contribution in [-0.4, -0.2) is 58.0 Å². The first-order chi connectivity index (χ1) is 12.6. The van der Waals surface area contributed by atoms with Crippen LogP contribution < -0.4 is 10.2 Å². The highest BCUT2D eigenvalue weighted by Crippen LogP contribution is 2.27. The molecule has 3 rings (SSSR count). The molecule has 0 saturated carbocycles. The second-order valence-electron chi connectivity index (χ2n) is 7.03. The molecule has 1 saturated heterocycles. The molecule has 0 bridgehead atoms. The maximum atomic E-state index is 12.3. The Kier molecular flexibility index (Phi) is 6.03. The first-order valence-electron chi connectivity index (χ1n) is 9.33. The minimum atomic E-state index is 0.0727. The predicted octanol–water partition coefficient (Wildman–Crippen LogP) is 1.51. The van der Waals surface area contributed by atoms with Crippen LogP contribution in [0.25, 0.3) is 11.0 Å². The zero-order chi connectivity index (χ0) is 18.5. The van der Waals surface area contributed by atoms with Gasteiger partial charge < -0.3 is 15.0 Å². The molecular formula is C18H28N6O2. The number of hydrogen-bond donors (Lipinski definition) is 1. The third-order valence-corrected chi connectivity index (χ3v) is 4.75. The summed E-state index contributed by atoms with van der Waals surface area (Å²) in [6.45, 7) is 7.02. The van der Waals surface area contributed by atoms with E-state index in [-0.39, 0.29) is 17.9 Å². The molecule has 1 aliphatic heterocycles. The van der Waals surface area contributed by atoms with Crippen LogP contribution in [0.1, 0.15) is 33.1 Å². The number of anilines is 1. The number of carbonyl (C=O) groups is 1. The smallest absolute Gasteiger partial charge is 0.223 e. The van der Waals surface area contributed by atoms with Gasteiger partial charge in [-0.15, -0.1) is 0 Å². The Balaban J connectivity index is 1.48. The second kappa shape index (κ2) is 8.44. The Hall–Kier alpha value is -2.22. The average molecular weight is 360 g/mol. The summed E-state index contributed by atoms with van der Waals surface area (Å²) < 4.78 is 7.25. The van der Waals surface area contributed by atoms with Crippen LogP contribution in [0.4, 0.5) is 5.82 Å². The minimum Gasteiger partial charge on any atom is -0.379 e. The second-order valence-corrected chi connectivity index (χ2v) is 7.03. The Labute approximate surface area is 153 Å². The van der Waals surface area contributed by atoms with Gasteiger partial charge in [0.2, 0.25) is 5.91 Å². The van der Waals surface area contributed by atoms with Crippen molar-refractivity contribution in [3.05, 3.63) is 12.5 Å². The van der Waals surface area contributed by atoms with Crippen molar-refractivity contribution >= 4 is 22.8 Å². The first kappa shape index (κ1) is 18.6. The first-order valence-corrected chi connectivity index (χ1v) is 9.33. The fourth-order valence-electron chi connectivity index (χ4n) is 3.30. The lowest BCUT2D eigenvalue weighted by atomic mass is 9.95. The van der Waals surface area contributed by atoms with E-state index in [1.807, 2.05) is 27.1 Å². The molecule has 1 fully saturated rings. The molecule has 8 nitrogen and oxygen atoms in total. The van der Waals surface area contributed by atoms with Crippen LogP contribution in [0.2, 0.25) is 0 Å². The monoisotopic (exact) mass is 360 g/mol. The Morgan fingerprint density at radius 2 is 2.12 bits per heavy atom. The highest BCUT2D eigenvalue weighted by atomic mass is 16.5. The molecule has 0 unspecified atom stereocenters. The zero-order valence-corrected chi connectivity index (χ0v) is 15.8. The van der Waals surface area contributed by atoms with Crippen LogP contribution in [0.5, 0.6) is 0 Å². The summed E-state index contributed by atoms with van der Waals surface area (Å²) in [5, 5.41) is 8.27. The van der Waals surface area contributed by atoms with Gasteiger partial charge in [-0.1, -0.05) is 0 Å². The Morgan fingerprint density at radius 1 is 1.35 bits per heavy atom. The summed E-state index contributed by atoms with van der Waals surface area (Å²) in [5.41, 5.74) is 0.832. The Bertz CT molecular complexity index is 736. The largest absolute Gasteiger partial charge is 0.379 e. The van der Waals surface area contributed by atoms with Gasteiger partial charge in [0.15, 0.2) is 5.65 Å². The Morgan fingerprint density at radius 3 is 2.85 bits per heavy atom. The van der Waals surface area contributed by atoms with Crippen LogP contribution in [0.3, 0.4) is 0 Å². The molecule has 26 heavy (non-hydrogen) atoms. The number of carbonyl (C=O) groups excluding carboxylic acids is 1. The quantitative estimate of drug-likeness (QED) is 0.754. The van der Waals surface area contributed by atoms with E-state index in [4.69, 9.17) is 4.74 Å². The van der Waals surface area contributed by atoms with Crippen molar-refractivity contribution in [2.24, 2.45) is 13.0 Å². The van der Waals surface area contributed by atoms with E-state index < -0.39 is 0 Å². The van der Waals surface area contributed by atoms with Gasteiger partial charge in [0.1, 0.15) is 12.1 Å². The summed E-state index contributed by atoms with van der Waals surface area (Å²) in [4.78, 5) is 23.3. The lowest BCUT2D eigenvalue weighted by molar-refractivity contribution is -0.125. The number of aromatic nitrogens is 4. The van der Waals surface area contributed by atoms with E-state index in [2.05, 4.69) is 25.3 Å². The van der Waals surface area contributed by atoms with Gasteiger partial charge in [0.05, 0.1) is 17.7 Å². The van der Waals surface area contributed by atoms with Crippen LogP contribution in [0, 0.1) is 5.92 Å². The standard InChI is InChI=1S/C18H28N6O2/c1-13(2)26-10-4-7-19-18(25)14-5-8-24(9-6-14)17-15-11-22-23(3)16(15)20-12-21-17/h11-14H,4-10H2,1-3H3,(H,19,25). The van der Waals surface area contributed by atoms with Gasteiger partial charge in [0.25, 0.3) is 0 Å². The number of ether oxygens (including phenoxy) is 1.